The predicted molar refractivity (Wildman–Crippen MR) is 97.2 cm³/mol. The van der Waals surface area contributed by atoms with E-state index in [1.54, 1.807) is 34.1 Å². The van der Waals surface area contributed by atoms with E-state index in [4.69, 9.17) is 11.6 Å². The van der Waals surface area contributed by atoms with Crippen molar-refractivity contribution in [2.45, 2.75) is 0 Å². The summed E-state index contributed by atoms with van der Waals surface area (Å²) >= 11 is 5.81. The summed E-state index contributed by atoms with van der Waals surface area (Å²) in [6, 6.07) is 12.4. The highest BCUT2D eigenvalue weighted by Gasteiger charge is 2.24. The van der Waals surface area contributed by atoms with E-state index in [1.807, 2.05) is 0 Å². The van der Waals surface area contributed by atoms with Gasteiger partial charge in [-0.2, -0.15) is 0 Å². The number of nitrogens with zero attached hydrogens (tertiary/aromatic N) is 2. The monoisotopic (exact) mass is 370 g/mol. The standard InChI is InChI=1S/C20H16ClFN2O2/c21-17-6-1-15(2-7-17)3-10-19(25)23-11-13-24(14-12-23)20(26)16-4-8-18(22)9-5-16/h1-2,4-9H,11-14H2. The minimum atomic E-state index is -0.378. The van der Waals surface area contributed by atoms with Gasteiger partial charge in [-0.3, -0.25) is 9.59 Å². The van der Waals surface area contributed by atoms with Crippen molar-refractivity contribution in [2.75, 3.05) is 26.2 Å². The molecule has 2 amide bonds. The lowest BCUT2D eigenvalue weighted by molar-refractivity contribution is -0.126. The van der Waals surface area contributed by atoms with Gasteiger partial charge >= 0.3 is 0 Å². The maximum absolute atomic E-state index is 13.0. The summed E-state index contributed by atoms with van der Waals surface area (Å²) in [5.74, 6) is 4.63. The fourth-order valence-corrected chi connectivity index (χ4v) is 2.75. The summed E-state index contributed by atoms with van der Waals surface area (Å²) in [6.45, 7) is 1.68. The molecular weight excluding hydrogens is 355 g/mol. The SMILES string of the molecule is O=C(C#Cc1ccc(Cl)cc1)N1CCN(C(=O)c2ccc(F)cc2)CC1. The fourth-order valence-electron chi connectivity index (χ4n) is 2.63. The first-order valence-corrected chi connectivity index (χ1v) is 8.52. The van der Waals surface area contributed by atoms with E-state index >= 15 is 0 Å². The highest BCUT2D eigenvalue weighted by molar-refractivity contribution is 6.30. The number of hydrogen-bond donors (Lipinski definition) is 0. The van der Waals surface area contributed by atoms with Crippen LogP contribution in [0, 0.1) is 17.7 Å². The maximum Gasteiger partial charge on any atom is 0.298 e. The molecule has 0 atom stereocenters. The molecule has 2 aromatic rings. The van der Waals surface area contributed by atoms with E-state index in [0.29, 0.717) is 42.3 Å². The van der Waals surface area contributed by atoms with Gasteiger partial charge < -0.3 is 9.80 Å². The molecule has 1 heterocycles. The molecular formula is C20H16ClFN2O2. The zero-order valence-corrected chi connectivity index (χ0v) is 14.7. The number of carbonyl (C=O) groups excluding carboxylic acids is 2. The lowest BCUT2D eigenvalue weighted by Crippen LogP contribution is -2.50. The van der Waals surface area contributed by atoms with Gasteiger partial charge in [0.1, 0.15) is 5.82 Å². The lowest BCUT2D eigenvalue weighted by atomic mass is 10.1. The summed E-state index contributed by atoms with van der Waals surface area (Å²) in [5.41, 5.74) is 1.15. The maximum atomic E-state index is 13.0. The van der Waals surface area contributed by atoms with E-state index in [1.165, 1.54) is 24.3 Å². The van der Waals surface area contributed by atoms with Crippen molar-refractivity contribution >= 4 is 23.4 Å². The van der Waals surface area contributed by atoms with Crippen LogP contribution in [0.3, 0.4) is 0 Å². The molecule has 2 aromatic carbocycles. The van der Waals surface area contributed by atoms with Gasteiger partial charge in [0, 0.05) is 48.2 Å². The molecule has 132 valence electrons. The molecule has 1 aliphatic rings. The second kappa shape index (κ2) is 8.03. The van der Waals surface area contributed by atoms with E-state index in [0.717, 1.165) is 0 Å². The van der Waals surface area contributed by atoms with Gasteiger partial charge in [-0.25, -0.2) is 4.39 Å². The molecule has 1 saturated heterocycles. The van der Waals surface area contributed by atoms with Crippen LogP contribution in [-0.4, -0.2) is 47.8 Å². The van der Waals surface area contributed by atoms with Crippen LogP contribution in [-0.2, 0) is 4.79 Å². The molecule has 0 saturated carbocycles. The third-order valence-electron chi connectivity index (χ3n) is 4.10. The number of hydrogen-bond acceptors (Lipinski definition) is 2. The first kappa shape index (κ1) is 18.0. The van der Waals surface area contributed by atoms with Gasteiger partial charge in [-0.1, -0.05) is 17.5 Å². The Bertz CT molecular complexity index is 861. The summed E-state index contributed by atoms with van der Waals surface area (Å²) in [7, 11) is 0. The Morgan fingerprint density at radius 1 is 0.885 bits per heavy atom. The number of carbonyl (C=O) groups is 2. The number of piperazine rings is 1. The predicted octanol–water partition coefficient (Wildman–Crippen LogP) is 2.82. The molecule has 26 heavy (non-hydrogen) atoms. The van der Waals surface area contributed by atoms with E-state index in [2.05, 4.69) is 11.8 Å². The number of rotatable bonds is 1. The van der Waals surface area contributed by atoms with E-state index in [-0.39, 0.29) is 17.6 Å². The lowest BCUT2D eigenvalue weighted by Gasteiger charge is -2.33. The van der Waals surface area contributed by atoms with Crippen molar-refractivity contribution in [1.29, 1.82) is 0 Å². The van der Waals surface area contributed by atoms with Crippen LogP contribution in [0.25, 0.3) is 0 Å². The third-order valence-corrected chi connectivity index (χ3v) is 4.36. The smallest absolute Gasteiger partial charge is 0.298 e. The summed E-state index contributed by atoms with van der Waals surface area (Å²) < 4.78 is 13.0. The number of benzene rings is 2. The second-order valence-electron chi connectivity index (χ2n) is 5.85. The first-order valence-electron chi connectivity index (χ1n) is 8.14. The summed E-state index contributed by atoms with van der Waals surface area (Å²) in [4.78, 5) is 27.9. The molecule has 1 fully saturated rings. The van der Waals surface area contributed by atoms with Crippen molar-refractivity contribution in [1.82, 2.24) is 9.80 Å². The molecule has 4 nitrogen and oxygen atoms in total. The zero-order valence-electron chi connectivity index (χ0n) is 13.9. The van der Waals surface area contributed by atoms with Gasteiger partial charge in [-0.05, 0) is 48.5 Å². The molecule has 0 N–H and O–H groups in total. The molecule has 3 rings (SSSR count). The van der Waals surface area contributed by atoms with Crippen LogP contribution in [0.4, 0.5) is 4.39 Å². The van der Waals surface area contributed by atoms with Crippen molar-refractivity contribution in [3.8, 4) is 11.8 Å². The van der Waals surface area contributed by atoms with Gasteiger partial charge in [0.15, 0.2) is 0 Å². The molecule has 0 aromatic heterocycles. The molecule has 0 spiro atoms. The van der Waals surface area contributed by atoms with Gasteiger partial charge in [-0.15, -0.1) is 0 Å². The van der Waals surface area contributed by atoms with E-state index < -0.39 is 0 Å². The Kier molecular flexibility index (Phi) is 5.55. The average molecular weight is 371 g/mol. The fraction of sp³-hybridized carbons (Fsp3) is 0.200. The molecule has 0 aliphatic carbocycles. The summed E-state index contributed by atoms with van der Waals surface area (Å²) in [5, 5.41) is 0.615. The highest BCUT2D eigenvalue weighted by atomic mass is 35.5. The molecule has 0 radical (unpaired) electrons. The van der Waals surface area contributed by atoms with Crippen LogP contribution in [0.15, 0.2) is 48.5 Å². The Morgan fingerprint density at radius 3 is 2.08 bits per heavy atom. The van der Waals surface area contributed by atoms with Crippen LogP contribution in [0.1, 0.15) is 15.9 Å². The highest BCUT2D eigenvalue weighted by Crippen LogP contribution is 2.11. The second-order valence-corrected chi connectivity index (χ2v) is 6.28. The van der Waals surface area contributed by atoms with Crippen molar-refractivity contribution < 1.29 is 14.0 Å². The van der Waals surface area contributed by atoms with Crippen molar-refractivity contribution in [3.05, 3.63) is 70.5 Å². The number of amides is 2. The van der Waals surface area contributed by atoms with Crippen LogP contribution in [0.2, 0.25) is 5.02 Å². The largest absolute Gasteiger partial charge is 0.335 e. The summed E-state index contributed by atoms with van der Waals surface area (Å²) in [6.07, 6.45) is 0. The first-order chi connectivity index (χ1) is 12.5. The quantitative estimate of drug-likeness (QED) is 0.724. The minimum Gasteiger partial charge on any atom is -0.335 e. The minimum absolute atomic E-state index is 0.163. The third kappa shape index (κ3) is 4.41. The molecule has 0 bridgehead atoms. The molecule has 0 unspecified atom stereocenters. The van der Waals surface area contributed by atoms with Gasteiger partial charge in [0.2, 0.25) is 0 Å². The Labute approximate surface area is 156 Å². The van der Waals surface area contributed by atoms with Gasteiger partial charge in [0.05, 0.1) is 0 Å². The zero-order chi connectivity index (χ0) is 18.5. The van der Waals surface area contributed by atoms with E-state index in [9.17, 15) is 14.0 Å². The van der Waals surface area contributed by atoms with Crippen LogP contribution >= 0.6 is 11.6 Å². The van der Waals surface area contributed by atoms with Crippen molar-refractivity contribution in [2.24, 2.45) is 0 Å². The Hall–Kier alpha value is -2.84. The normalized spacial score (nSPS) is 13.8. The Balaban J connectivity index is 1.56. The van der Waals surface area contributed by atoms with Crippen LogP contribution in [0.5, 0.6) is 0 Å². The Morgan fingerprint density at radius 2 is 1.46 bits per heavy atom. The van der Waals surface area contributed by atoms with Crippen LogP contribution < -0.4 is 0 Å². The number of halogens is 2. The average Bonchev–Trinajstić information content (AvgIpc) is 2.67. The molecule has 6 heteroatoms. The molecule has 1 aliphatic heterocycles. The van der Waals surface area contributed by atoms with Crippen molar-refractivity contribution in [3.63, 3.8) is 0 Å². The topological polar surface area (TPSA) is 40.6 Å². The van der Waals surface area contributed by atoms with Gasteiger partial charge in [0.25, 0.3) is 11.8 Å².